The van der Waals surface area contributed by atoms with Crippen LogP contribution in [0.5, 0.6) is 5.75 Å². The summed E-state index contributed by atoms with van der Waals surface area (Å²) in [6, 6.07) is 12.4. The number of carbonyl (C=O) groups is 1. The number of anilines is 2. The number of nitrogens with zero attached hydrogens (tertiary/aromatic N) is 3. The molecular weight excluding hydrogens is 406 g/mol. The molecular formula is C21H22ClN5O3. The molecule has 30 heavy (non-hydrogen) atoms. The van der Waals surface area contributed by atoms with Gasteiger partial charge in [-0.15, -0.1) is 0 Å². The number of hydrogen-bond donors (Lipinski definition) is 2. The summed E-state index contributed by atoms with van der Waals surface area (Å²) < 4.78 is 12.2. The molecule has 0 radical (unpaired) electrons. The van der Waals surface area contributed by atoms with E-state index in [-0.39, 0.29) is 6.61 Å². The number of carbonyl (C=O) groups excluding carboxylic acids is 1. The quantitative estimate of drug-likeness (QED) is 0.454. The van der Waals surface area contributed by atoms with Gasteiger partial charge < -0.3 is 15.2 Å². The van der Waals surface area contributed by atoms with Gasteiger partial charge in [-0.3, -0.25) is 15.0 Å². The number of nitrogen functional groups attached to an aromatic ring is 1. The average molecular weight is 428 g/mol. The number of aryl methyl sites for hydroxylation is 1. The fraction of sp³-hybridized carbons (Fsp3) is 0.190. The van der Waals surface area contributed by atoms with Crippen molar-refractivity contribution in [1.29, 1.82) is 0 Å². The molecule has 8 nitrogen and oxygen atoms in total. The van der Waals surface area contributed by atoms with Gasteiger partial charge in [0.2, 0.25) is 0 Å². The number of hydrogen-bond acceptors (Lipinski definition) is 6. The predicted octanol–water partition coefficient (Wildman–Crippen LogP) is 4.13. The van der Waals surface area contributed by atoms with E-state index in [1.54, 1.807) is 56.4 Å². The Morgan fingerprint density at radius 1 is 1.30 bits per heavy atom. The van der Waals surface area contributed by atoms with Gasteiger partial charge in [-0.2, -0.15) is 5.10 Å². The summed E-state index contributed by atoms with van der Waals surface area (Å²) >= 11 is 6.01. The van der Waals surface area contributed by atoms with Crippen LogP contribution >= 0.6 is 11.6 Å². The van der Waals surface area contributed by atoms with E-state index in [0.29, 0.717) is 28.0 Å². The van der Waals surface area contributed by atoms with Gasteiger partial charge >= 0.3 is 6.09 Å². The third kappa shape index (κ3) is 4.90. The van der Waals surface area contributed by atoms with Crippen LogP contribution in [0.25, 0.3) is 11.3 Å². The third-order valence-corrected chi connectivity index (χ3v) is 4.57. The van der Waals surface area contributed by atoms with Crippen molar-refractivity contribution >= 4 is 35.4 Å². The first kappa shape index (κ1) is 21.2. The van der Waals surface area contributed by atoms with Crippen molar-refractivity contribution in [3.8, 4) is 17.0 Å². The average Bonchev–Trinajstić information content (AvgIpc) is 3.08. The van der Waals surface area contributed by atoms with E-state index in [9.17, 15) is 4.79 Å². The second kappa shape index (κ2) is 9.32. The smallest absolute Gasteiger partial charge is 0.413 e. The molecule has 2 aromatic carbocycles. The van der Waals surface area contributed by atoms with Crippen LogP contribution in [0.1, 0.15) is 11.1 Å². The second-order valence-electron chi connectivity index (χ2n) is 6.43. The van der Waals surface area contributed by atoms with Crippen molar-refractivity contribution in [3.05, 3.63) is 58.6 Å². The molecule has 0 saturated carbocycles. The first-order valence-electron chi connectivity index (χ1n) is 9.03. The van der Waals surface area contributed by atoms with Crippen LogP contribution < -0.4 is 15.8 Å². The molecule has 0 atom stereocenters. The van der Waals surface area contributed by atoms with E-state index >= 15 is 0 Å². The minimum atomic E-state index is -0.606. The first-order valence-corrected chi connectivity index (χ1v) is 9.41. The molecule has 0 fully saturated rings. The van der Waals surface area contributed by atoms with Crippen LogP contribution in [-0.4, -0.2) is 36.2 Å². The molecule has 1 aromatic heterocycles. The zero-order valence-electron chi connectivity index (χ0n) is 16.8. The Morgan fingerprint density at radius 3 is 2.80 bits per heavy atom. The zero-order valence-corrected chi connectivity index (χ0v) is 17.6. The molecule has 0 aliphatic carbocycles. The van der Waals surface area contributed by atoms with E-state index in [4.69, 9.17) is 26.8 Å². The standard InChI is InChI=1S/C21H22ClN5O3/c1-24-11-14-5-4-13(8-17(14)23)12-30-21(28)25-20-10-18(26-27(20)2)16-7-6-15(22)9-19(16)29-3/h4-11H,12,23H2,1-3H3,(H,25,28). The van der Waals surface area contributed by atoms with E-state index in [1.165, 1.54) is 0 Å². The number of methoxy groups -OCH3 is 1. The number of amides is 1. The summed E-state index contributed by atoms with van der Waals surface area (Å²) in [7, 11) is 4.95. The monoisotopic (exact) mass is 427 g/mol. The molecule has 156 valence electrons. The fourth-order valence-corrected chi connectivity index (χ4v) is 3.01. The molecule has 3 N–H and O–H groups in total. The van der Waals surface area contributed by atoms with Gasteiger partial charge in [0, 0.05) is 48.2 Å². The lowest BCUT2D eigenvalue weighted by Crippen LogP contribution is -2.15. The van der Waals surface area contributed by atoms with Crippen LogP contribution in [0.3, 0.4) is 0 Å². The highest BCUT2D eigenvalue weighted by Gasteiger charge is 2.14. The first-order chi connectivity index (χ1) is 14.4. The lowest BCUT2D eigenvalue weighted by molar-refractivity contribution is 0.155. The maximum Gasteiger partial charge on any atom is 0.413 e. The molecule has 0 bridgehead atoms. The largest absolute Gasteiger partial charge is 0.496 e. The van der Waals surface area contributed by atoms with Crippen LogP contribution in [0.15, 0.2) is 47.5 Å². The third-order valence-electron chi connectivity index (χ3n) is 4.34. The van der Waals surface area contributed by atoms with Crippen molar-refractivity contribution < 1.29 is 14.3 Å². The summed E-state index contributed by atoms with van der Waals surface area (Å²) in [6.07, 6.45) is 1.06. The number of rotatable bonds is 6. The maximum atomic E-state index is 12.2. The van der Waals surface area contributed by atoms with Crippen LogP contribution in [-0.2, 0) is 18.4 Å². The van der Waals surface area contributed by atoms with Crippen LogP contribution in [0, 0.1) is 0 Å². The highest BCUT2D eigenvalue weighted by atomic mass is 35.5. The molecule has 9 heteroatoms. The number of nitrogens with one attached hydrogen (secondary N) is 1. The summed E-state index contributed by atoms with van der Waals surface area (Å²) in [4.78, 5) is 16.2. The van der Waals surface area contributed by atoms with Crippen molar-refractivity contribution in [1.82, 2.24) is 9.78 Å². The molecule has 3 rings (SSSR count). The minimum absolute atomic E-state index is 0.0787. The molecule has 1 heterocycles. The van der Waals surface area contributed by atoms with E-state index < -0.39 is 6.09 Å². The SMILES string of the molecule is CN=Cc1ccc(COC(=O)Nc2cc(-c3ccc(Cl)cc3OC)nn2C)cc1N. The Balaban J connectivity index is 1.67. The minimum Gasteiger partial charge on any atom is -0.496 e. The number of ether oxygens (including phenoxy) is 2. The Morgan fingerprint density at radius 2 is 2.10 bits per heavy atom. The Kier molecular flexibility index (Phi) is 6.58. The highest BCUT2D eigenvalue weighted by Crippen LogP contribution is 2.32. The zero-order chi connectivity index (χ0) is 21.7. The van der Waals surface area contributed by atoms with Gasteiger partial charge in [-0.25, -0.2) is 4.79 Å². The molecule has 0 aliphatic heterocycles. The Labute approximate surface area is 179 Å². The van der Waals surface area contributed by atoms with Gasteiger partial charge in [0.1, 0.15) is 18.2 Å². The predicted molar refractivity (Wildman–Crippen MR) is 118 cm³/mol. The van der Waals surface area contributed by atoms with Crippen molar-refractivity contribution in [2.24, 2.45) is 12.0 Å². The van der Waals surface area contributed by atoms with E-state index in [2.05, 4.69) is 15.4 Å². The maximum absolute atomic E-state index is 12.2. The van der Waals surface area contributed by atoms with Gasteiger partial charge in [0.05, 0.1) is 12.8 Å². The number of benzene rings is 2. The van der Waals surface area contributed by atoms with E-state index in [1.807, 2.05) is 18.2 Å². The fourth-order valence-electron chi connectivity index (χ4n) is 2.85. The molecule has 0 saturated heterocycles. The molecule has 0 spiro atoms. The summed E-state index contributed by atoms with van der Waals surface area (Å²) in [5.41, 5.74) is 9.50. The highest BCUT2D eigenvalue weighted by molar-refractivity contribution is 6.30. The summed E-state index contributed by atoms with van der Waals surface area (Å²) in [5, 5.41) is 7.67. The van der Waals surface area contributed by atoms with Crippen LogP contribution in [0.4, 0.5) is 16.3 Å². The number of nitrogens with two attached hydrogens (primary N) is 1. The van der Waals surface area contributed by atoms with E-state index in [0.717, 1.165) is 16.7 Å². The normalized spacial score (nSPS) is 10.9. The molecule has 0 unspecified atom stereocenters. The molecule has 1 amide bonds. The van der Waals surface area contributed by atoms with Crippen LogP contribution in [0.2, 0.25) is 5.02 Å². The van der Waals surface area contributed by atoms with Crippen molar-refractivity contribution in [2.75, 3.05) is 25.2 Å². The van der Waals surface area contributed by atoms with Gasteiger partial charge in [-0.1, -0.05) is 23.7 Å². The topological polar surface area (TPSA) is 104 Å². The Hall–Kier alpha value is -3.52. The Bertz CT molecular complexity index is 1090. The van der Waals surface area contributed by atoms with Gasteiger partial charge in [-0.05, 0) is 29.8 Å². The van der Waals surface area contributed by atoms with Crippen molar-refractivity contribution in [3.63, 3.8) is 0 Å². The van der Waals surface area contributed by atoms with Crippen molar-refractivity contribution in [2.45, 2.75) is 6.61 Å². The lowest BCUT2D eigenvalue weighted by atomic mass is 10.1. The van der Waals surface area contributed by atoms with Gasteiger partial charge in [0.15, 0.2) is 0 Å². The number of halogens is 1. The second-order valence-corrected chi connectivity index (χ2v) is 6.87. The summed E-state index contributed by atoms with van der Waals surface area (Å²) in [6.45, 7) is 0.0787. The molecule has 0 aliphatic rings. The van der Waals surface area contributed by atoms with Gasteiger partial charge in [0.25, 0.3) is 0 Å². The number of aliphatic imine (C=N–C) groups is 1. The molecule has 3 aromatic rings. The number of aromatic nitrogens is 2. The summed E-state index contributed by atoms with van der Waals surface area (Å²) in [5.74, 6) is 1.06. The lowest BCUT2D eigenvalue weighted by Gasteiger charge is -2.08.